The smallest absolute Gasteiger partial charge is 0.219 e. The number of aryl methyl sites for hydroxylation is 1. The normalized spacial score (nSPS) is 12.0. The average molecular weight is 323 g/mol. The number of rotatable bonds is 7. The molecule has 7 heteroatoms. The van der Waals surface area contributed by atoms with E-state index in [2.05, 4.69) is 14.9 Å². The first-order valence-corrected chi connectivity index (χ1v) is 8.87. The number of sulfonamides is 1. The molecule has 120 valence electrons. The van der Waals surface area contributed by atoms with Gasteiger partial charge in [0.15, 0.2) is 0 Å². The van der Waals surface area contributed by atoms with Gasteiger partial charge in [0.2, 0.25) is 21.8 Å². The fraction of sp³-hybridized carbons (Fsp3) is 0.467. The van der Waals surface area contributed by atoms with Gasteiger partial charge < -0.3 is 4.42 Å². The Hall–Kier alpha value is -1.73. The Morgan fingerprint density at radius 2 is 1.95 bits per heavy atom. The monoisotopic (exact) mass is 323 g/mol. The molecule has 0 unspecified atom stereocenters. The predicted molar refractivity (Wildman–Crippen MR) is 83.9 cm³/mol. The molecule has 0 aliphatic heterocycles. The summed E-state index contributed by atoms with van der Waals surface area (Å²) in [5.74, 6) is 1.15. The summed E-state index contributed by atoms with van der Waals surface area (Å²) in [4.78, 5) is 0. The van der Waals surface area contributed by atoms with Crippen molar-refractivity contribution in [1.29, 1.82) is 0 Å². The first-order chi connectivity index (χ1) is 10.4. The topological polar surface area (TPSA) is 85.1 Å². The third-order valence-electron chi connectivity index (χ3n) is 3.24. The molecule has 1 heterocycles. The molecule has 1 N–H and O–H groups in total. The second-order valence-electron chi connectivity index (χ2n) is 5.52. The molecule has 1 aromatic heterocycles. The van der Waals surface area contributed by atoms with Crippen LogP contribution in [-0.4, -0.2) is 25.2 Å². The van der Waals surface area contributed by atoms with Crippen LogP contribution >= 0.6 is 0 Å². The van der Waals surface area contributed by atoms with E-state index in [0.29, 0.717) is 18.2 Å². The molecular weight excluding hydrogens is 302 g/mol. The van der Waals surface area contributed by atoms with Crippen molar-refractivity contribution < 1.29 is 12.8 Å². The molecule has 2 aromatic rings. The van der Waals surface area contributed by atoms with Gasteiger partial charge in [0, 0.05) is 18.9 Å². The largest absolute Gasteiger partial charge is 0.425 e. The van der Waals surface area contributed by atoms with E-state index in [4.69, 9.17) is 4.42 Å². The van der Waals surface area contributed by atoms with Crippen molar-refractivity contribution in [2.75, 3.05) is 6.54 Å². The molecule has 0 amide bonds. The number of nitrogens with zero attached hydrogens (tertiary/aromatic N) is 2. The van der Waals surface area contributed by atoms with Crippen molar-refractivity contribution in [1.82, 2.24) is 14.9 Å². The van der Waals surface area contributed by atoms with Crippen LogP contribution in [0, 0.1) is 6.92 Å². The number of benzene rings is 1. The molecule has 22 heavy (non-hydrogen) atoms. The van der Waals surface area contributed by atoms with E-state index in [9.17, 15) is 8.42 Å². The van der Waals surface area contributed by atoms with E-state index in [1.165, 1.54) is 0 Å². The number of aromatic nitrogens is 2. The zero-order chi connectivity index (χ0) is 16.2. The predicted octanol–water partition coefficient (Wildman–Crippen LogP) is 2.16. The Balaban J connectivity index is 1.88. The maximum atomic E-state index is 12.1. The maximum absolute atomic E-state index is 12.1. The van der Waals surface area contributed by atoms with Crippen LogP contribution in [0.1, 0.15) is 42.7 Å². The van der Waals surface area contributed by atoms with Crippen LogP contribution in [-0.2, 0) is 22.2 Å². The third kappa shape index (κ3) is 4.64. The van der Waals surface area contributed by atoms with E-state index in [-0.39, 0.29) is 18.2 Å². The first kappa shape index (κ1) is 16.6. The fourth-order valence-corrected chi connectivity index (χ4v) is 3.19. The van der Waals surface area contributed by atoms with Gasteiger partial charge in [-0.05, 0) is 18.1 Å². The zero-order valence-corrected chi connectivity index (χ0v) is 13.9. The fourth-order valence-electron chi connectivity index (χ4n) is 1.94. The highest BCUT2D eigenvalue weighted by Crippen LogP contribution is 2.12. The molecule has 0 saturated carbocycles. The average Bonchev–Trinajstić information content (AvgIpc) is 2.90. The number of nitrogens with one attached hydrogen (secondary N) is 1. The Bertz CT molecular complexity index is 723. The molecule has 0 atom stereocenters. The lowest BCUT2D eigenvalue weighted by Crippen LogP contribution is -2.27. The van der Waals surface area contributed by atoms with Gasteiger partial charge in [-0.1, -0.05) is 38.1 Å². The first-order valence-electron chi connectivity index (χ1n) is 7.21. The van der Waals surface area contributed by atoms with Gasteiger partial charge in [-0.15, -0.1) is 10.2 Å². The third-order valence-corrected chi connectivity index (χ3v) is 4.58. The van der Waals surface area contributed by atoms with E-state index >= 15 is 0 Å². The molecule has 0 aliphatic rings. The highest BCUT2D eigenvalue weighted by Gasteiger charge is 2.14. The van der Waals surface area contributed by atoms with Crippen LogP contribution in [0.25, 0.3) is 0 Å². The molecule has 1 aromatic carbocycles. The standard InChI is InChI=1S/C15H21N3O3S/c1-11(2)15-18-17-14(21-15)8-9-16-22(19,20)10-13-7-5-4-6-12(13)3/h4-7,11,16H,8-10H2,1-3H3. The highest BCUT2D eigenvalue weighted by molar-refractivity contribution is 7.88. The molecule has 0 bridgehead atoms. The van der Waals surface area contributed by atoms with Crippen LogP contribution in [0.3, 0.4) is 0 Å². The van der Waals surface area contributed by atoms with Gasteiger partial charge in [-0.25, -0.2) is 13.1 Å². The Morgan fingerprint density at radius 1 is 1.23 bits per heavy atom. The van der Waals surface area contributed by atoms with Crippen LogP contribution in [0.5, 0.6) is 0 Å². The minimum absolute atomic E-state index is 0.0270. The van der Waals surface area contributed by atoms with Crippen LogP contribution in [0.4, 0.5) is 0 Å². The minimum Gasteiger partial charge on any atom is -0.425 e. The van der Waals surface area contributed by atoms with Gasteiger partial charge in [0.05, 0.1) is 5.75 Å². The second-order valence-corrected chi connectivity index (χ2v) is 7.33. The Kier molecular flexibility index (Phi) is 5.31. The van der Waals surface area contributed by atoms with Crippen molar-refractivity contribution in [2.24, 2.45) is 0 Å². The van der Waals surface area contributed by atoms with E-state index in [0.717, 1.165) is 11.1 Å². The van der Waals surface area contributed by atoms with Gasteiger partial charge in [-0.2, -0.15) is 0 Å². The number of hydrogen-bond acceptors (Lipinski definition) is 5. The lowest BCUT2D eigenvalue weighted by Gasteiger charge is -2.07. The van der Waals surface area contributed by atoms with Crippen LogP contribution < -0.4 is 4.72 Å². The summed E-state index contributed by atoms with van der Waals surface area (Å²) >= 11 is 0. The minimum atomic E-state index is -3.38. The molecule has 0 spiro atoms. The summed E-state index contributed by atoms with van der Waals surface area (Å²) < 4.78 is 32.2. The summed E-state index contributed by atoms with van der Waals surface area (Å²) in [5.41, 5.74) is 1.77. The summed E-state index contributed by atoms with van der Waals surface area (Å²) in [5, 5.41) is 7.82. The van der Waals surface area contributed by atoms with Crippen molar-refractivity contribution >= 4 is 10.0 Å². The van der Waals surface area contributed by atoms with Gasteiger partial charge in [0.1, 0.15) is 0 Å². The van der Waals surface area contributed by atoms with Crippen molar-refractivity contribution in [3.05, 3.63) is 47.2 Å². The lowest BCUT2D eigenvalue weighted by molar-refractivity contribution is 0.431. The van der Waals surface area contributed by atoms with E-state index < -0.39 is 10.0 Å². The van der Waals surface area contributed by atoms with Gasteiger partial charge in [0.25, 0.3) is 0 Å². The zero-order valence-electron chi connectivity index (χ0n) is 13.0. The van der Waals surface area contributed by atoms with Crippen LogP contribution in [0.15, 0.2) is 28.7 Å². The molecule has 0 aliphatic carbocycles. The summed E-state index contributed by atoms with van der Waals surface area (Å²) in [6, 6.07) is 7.45. The molecule has 0 radical (unpaired) electrons. The SMILES string of the molecule is Cc1ccccc1CS(=O)(=O)NCCc1nnc(C(C)C)o1. The molecule has 6 nitrogen and oxygen atoms in total. The van der Waals surface area contributed by atoms with Crippen molar-refractivity contribution in [3.8, 4) is 0 Å². The number of hydrogen-bond donors (Lipinski definition) is 1. The summed E-state index contributed by atoms with van der Waals surface area (Å²) in [6.45, 7) is 6.06. The quantitative estimate of drug-likeness (QED) is 0.844. The summed E-state index contributed by atoms with van der Waals surface area (Å²) in [7, 11) is -3.38. The Morgan fingerprint density at radius 3 is 2.59 bits per heavy atom. The second kappa shape index (κ2) is 7.02. The highest BCUT2D eigenvalue weighted by atomic mass is 32.2. The van der Waals surface area contributed by atoms with Gasteiger partial charge in [-0.3, -0.25) is 0 Å². The van der Waals surface area contributed by atoms with E-state index in [1.54, 1.807) is 0 Å². The summed E-state index contributed by atoms with van der Waals surface area (Å²) in [6.07, 6.45) is 0.382. The Labute approximate surface area is 131 Å². The molecule has 0 fully saturated rings. The molecule has 2 rings (SSSR count). The van der Waals surface area contributed by atoms with Crippen molar-refractivity contribution in [2.45, 2.75) is 38.9 Å². The van der Waals surface area contributed by atoms with Gasteiger partial charge >= 0.3 is 0 Å². The molecule has 0 saturated heterocycles. The maximum Gasteiger partial charge on any atom is 0.219 e. The molecular formula is C15H21N3O3S. The van der Waals surface area contributed by atoms with E-state index in [1.807, 2.05) is 45.0 Å². The lowest BCUT2D eigenvalue weighted by atomic mass is 10.1. The van der Waals surface area contributed by atoms with Crippen molar-refractivity contribution in [3.63, 3.8) is 0 Å². The van der Waals surface area contributed by atoms with Crippen LogP contribution in [0.2, 0.25) is 0 Å².